The molecule has 3 aromatic rings. The average molecular weight is 432 g/mol. The van der Waals surface area contributed by atoms with Crippen LogP contribution in [0.5, 0.6) is 5.75 Å². The van der Waals surface area contributed by atoms with Crippen molar-refractivity contribution >= 4 is 17.5 Å². The van der Waals surface area contributed by atoms with Crippen LogP contribution in [0.2, 0.25) is 0 Å². The van der Waals surface area contributed by atoms with Crippen molar-refractivity contribution in [2.45, 2.75) is 38.8 Å². The first-order chi connectivity index (χ1) is 15.7. The maximum atomic E-state index is 12.5. The van der Waals surface area contributed by atoms with E-state index in [-0.39, 0.29) is 12.1 Å². The van der Waals surface area contributed by atoms with E-state index in [9.17, 15) is 4.79 Å². The Kier molecular flexibility index (Phi) is 5.81. The zero-order valence-corrected chi connectivity index (χ0v) is 18.4. The third-order valence-electron chi connectivity index (χ3n) is 6.37. The number of piperidine rings is 1. The summed E-state index contributed by atoms with van der Waals surface area (Å²) in [7, 11) is 0. The normalized spacial score (nSPS) is 16.4. The fourth-order valence-electron chi connectivity index (χ4n) is 4.61. The van der Waals surface area contributed by atoms with Crippen LogP contribution < -0.4 is 15.4 Å². The number of carbonyl (C=O) groups excluding carboxylic acids is 1. The second kappa shape index (κ2) is 9.04. The lowest BCUT2D eigenvalue weighted by molar-refractivity contribution is 0.174. The number of para-hydroxylation sites is 1. The van der Waals surface area contributed by atoms with Crippen LogP contribution in [0.1, 0.15) is 35.6 Å². The first kappa shape index (κ1) is 20.6. The van der Waals surface area contributed by atoms with Crippen molar-refractivity contribution in [2.24, 2.45) is 0 Å². The third-order valence-corrected chi connectivity index (χ3v) is 6.37. The fourth-order valence-corrected chi connectivity index (χ4v) is 4.61. The molecule has 0 aliphatic carbocycles. The molecule has 1 fully saturated rings. The number of likely N-dealkylation sites (tertiary alicyclic amines) is 1. The number of hydrogen-bond acceptors (Lipinski definition) is 4. The van der Waals surface area contributed by atoms with Gasteiger partial charge in [0.2, 0.25) is 0 Å². The van der Waals surface area contributed by atoms with Crippen molar-refractivity contribution in [2.75, 3.05) is 30.3 Å². The first-order valence-corrected chi connectivity index (χ1v) is 11.3. The topological polar surface area (TPSA) is 71.4 Å². The predicted molar refractivity (Wildman–Crippen MR) is 125 cm³/mol. The number of nitrogens with one attached hydrogen (secondary N) is 2. The molecule has 1 aromatic heterocycles. The van der Waals surface area contributed by atoms with Crippen molar-refractivity contribution in [3.05, 3.63) is 71.4 Å². The van der Waals surface area contributed by atoms with Gasteiger partial charge in [0.25, 0.3) is 0 Å². The van der Waals surface area contributed by atoms with Gasteiger partial charge in [-0.25, -0.2) is 9.48 Å². The summed E-state index contributed by atoms with van der Waals surface area (Å²) in [6, 6.07) is 16.2. The maximum Gasteiger partial charge on any atom is 0.324 e. The van der Waals surface area contributed by atoms with Crippen molar-refractivity contribution < 1.29 is 9.53 Å². The molecule has 2 aliphatic rings. The Labute approximate surface area is 188 Å². The first-order valence-electron chi connectivity index (χ1n) is 11.3. The molecule has 166 valence electrons. The van der Waals surface area contributed by atoms with Crippen molar-refractivity contribution in [1.29, 1.82) is 0 Å². The molecule has 0 spiro atoms. The number of hydrogen-bond donors (Lipinski definition) is 2. The second-order valence-electron chi connectivity index (χ2n) is 8.60. The van der Waals surface area contributed by atoms with E-state index in [1.165, 1.54) is 11.1 Å². The van der Waals surface area contributed by atoms with E-state index in [1.54, 1.807) is 6.20 Å². The number of carbonyl (C=O) groups is 1. The zero-order valence-electron chi connectivity index (χ0n) is 18.4. The molecule has 32 heavy (non-hydrogen) atoms. The van der Waals surface area contributed by atoms with Gasteiger partial charge in [-0.05, 0) is 48.6 Å². The number of amides is 2. The molecular formula is C25H29N5O2. The number of ether oxygens (including phenoxy) is 1. The Hall–Kier alpha value is -3.32. The highest BCUT2D eigenvalue weighted by Gasteiger charge is 2.24. The minimum atomic E-state index is -0.251. The van der Waals surface area contributed by atoms with Crippen LogP contribution in [0, 0.1) is 6.92 Å². The van der Waals surface area contributed by atoms with Gasteiger partial charge in [-0.15, -0.1) is 0 Å². The number of anilines is 2. The highest BCUT2D eigenvalue weighted by molar-refractivity contribution is 5.99. The monoisotopic (exact) mass is 431 g/mol. The van der Waals surface area contributed by atoms with Crippen LogP contribution in [-0.2, 0) is 13.0 Å². The molecule has 2 amide bonds. The molecule has 7 heteroatoms. The van der Waals surface area contributed by atoms with E-state index >= 15 is 0 Å². The minimum Gasteiger partial charge on any atom is -0.493 e. The molecule has 0 saturated carbocycles. The average Bonchev–Trinajstić information content (AvgIpc) is 3.45. The van der Waals surface area contributed by atoms with E-state index in [0.717, 1.165) is 68.3 Å². The van der Waals surface area contributed by atoms with Crippen molar-refractivity contribution in [3.63, 3.8) is 0 Å². The SMILES string of the molecule is Cc1ccccc1NC(=O)Nc1ccnn1C1CCN(Cc2ccc3c(c2)CCO3)CC1. The Morgan fingerprint density at radius 2 is 1.97 bits per heavy atom. The van der Waals surface area contributed by atoms with E-state index in [2.05, 4.69) is 38.8 Å². The van der Waals surface area contributed by atoms with Gasteiger partial charge in [0.1, 0.15) is 11.6 Å². The number of aromatic nitrogens is 2. The molecule has 0 bridgehead atoms. The highest BCUT2D eigenvalue weighted by Crippen LogP contribution is 2.29. The lowest BCUT2D eigenvalue weighted by atomic mass is 10.0. The second-order valence-corrected chi connectivity index (χ2v) is 8.60. The lowest BCUT2D eigenvalue weighted by Gasteiger charge is -2.32. The minimum absolute atomic E-state index is 0.251. The Balaban J connectivity index is 1.16. The largest absolute Gasteiger partial charge is 0.493 e. The lowest BCUT2D eigenvalue weighted by Crippen LogP contribution is -2.35. The summed E-state index contributed by atoms with van der Waals surface area (Å²) in [5.74, 6) is 1.77. The Bertz CT molecular complexity index is 1100. The van der Waals surface area contributed by atoms with Crippen LogP contribution in [-0.4, -0.2) is 40.4 Å². The molecule has 5 rings (SSSR count). The number of fused-ring (bicyclic) bond motifs is 1. The standard InChI is InChI=1S/C25H29N5O2/c1-18-4-2-3-5-22(18)27-25(31)28-24-8-12-26-30(24)21-9-13-29(14-10-21)17-19-6-7-23-20(16-19)11-15-32-23/h2-8,12,16,21H,9-11,13-15,17H2,1H3,(H2,27,28,31). The molecule has 2 N–H and O–H groups in total. The van der Waals surface area contributed by atoms with E-state index in [4.69, 9.17) is 4.74 Å². The van der Waals surface area contributed by atoms with E-state index < -0.39 is 0 Å². The quantitative estimate of drug-likeness (QED) is 0.619. The number of benzene rings is 2. The van der Waals surface area contributed by atoms with Gasteiger partial charge in [-0.2, -0.15) is 5.10 Å². The highest BCUT2D eigenvalue weighted by atomic mass is 16.5. The van der Waals surface area contributed by atoms with Gasteiger partial charge in [-0.3, -0.25) is 10.2 Å². The molecule has 0 unspecified atom stereocenters. The Morgan fingerprint density at radius 3 is 2.81 bits per heavy atom. The number of urea groups is 1. The summed E-state index contributed by atoms with van der Waals surface area (Å²) in [6.07, 6.45) is 4.77. The van der Waals surface area contributed by atoms with Gasteiger partial charge < -0.3 is 10.1 Å². The summed E-state index contributed by atoms with van der Waals surface area (Å²) >= 11 is 0. The maximum absolute atomic E-state index is 12.5. The molecule has 1 saturated heterocycles. The molecule has 0 atom stereocenters. The fraction of sp³-hybridized carbons (Fsp3) is 0.360. The van der Waals surface area contributed by atoms with Crippen LogP contribution in [0.25, 0.3) is 0 Å². The van der Waals surface area contributed by atoms with Gasteiger partial charge in [0.05, 0.1) is 18.8 Å². The van der Waals surface area contributed by atoms with Crippen molar-refractivity contribution in [3.8, 4) is 5.75 Å². The summed E-state index contributed by atoms with van der Waals surface area (Å²) in [5, 5.41) is 10.4. The summed E-state index contributed by atoms with van der Waals surface area (Å²) in [6.45, 7) is 5.75. The van der Waals surface area contributed by atoms with E-state index in [0.29, 0.717) is 0 Å². The van der Waals surface area contributed by atoms with Crippen LogP contribution >= 0.6 is 0 Å². The van der Waals surface area contributed by atoms with Gasteiger partial charge >= 0.3 is 6.03 Å². The Morgan fingerprint density at radius 1 is 1.12 bits per heavy atom. The van der Waals surface area contributed by atoms with Crippen LogP contribution in [0.3, 0.4) is 0 Å². The van der Waals surface area contributed by atoms with E-state index in [1.807, 2.05) is 41.9 Å². The summed E-state index contributed by atoms with van der Waals surface area (Å²) in [4.78, 5) is 15.0. The molecule has 2 aliphatic heterocycles. The van der Waals surface area contributed by atoms with Crippen LogP contribution in [0.15, 0.2) is 54.7 Å². The smallest absolute Gasteiger partial charge is 0.324 e. The molecule has 7 nitrogen and oxygen atoms in total. The molecule has 2 aromatic carbocycles. The van der Waals surface area contributed by atoms with Crippen molar-refractivity contribution in [1.82, 2.24) is 14.7 Å². The zero-order chi connectivity index (χ0) is 21.9. The van der Waals surface area contributed by atoms with Gasteiger partial charge in [0, 0.05) is 37.8 Å². The van der Waals surface area contributed by atoms with Gasteiger partial charge in [-0.1, -0.05) is 30.3 Å². The number of nitrogens with zero attached hydrogens (tertiary/aromatic N) is 3. The van der Waals surface area contributed by atoms with Crippen LogP contribution in [0.4, 0.5) is 16.3 Å². The molecular weight excluding hydrogens is 402 g/mol. The predicted octanol–water partition coefficient (Wildman–Crippen LogP) is 4.61. The summed E-state index contributed by atoms with van der Waals surface area (Å²) in [5.41, 5.74) is 4.51. The number of rotatable bonds is 5. The third kappa shape index (κ3) is 4.48. The molecule has 3 heterocycles. The summed E-state index contributed by atoms with van der Waals surface area (Å²) < 4.78 is 7.58. The molecule has 0 radical (unpaired) electrons. The van der Waals surface area contributed by atoms with Gasteiger partial charge in [0.15, 0.2) is 0 Å². The number of aryl methyl sites for hydroxylation is 1.